The molecule has 0 radical (unpaired) electrons. The fraction of sp³-hybridized carbons (Fsp3) is 0.391. The summed E-state index contributed by atoms with van der Waals surface area (Å²) in [6, 6.07) is 11.9. The van der Waals surface area contributed by atoms with Gasteiger partial charge in [0.25, 0.3) is 5.91 Å². The molecule has 1 atom stereocenters. The number of hydrogen-bond acceptors (Lipinski definition) is 4. The quantitative estimate of drug-likeness (QED) is 0.659. The highest BCUT2D eigenvalue weighted by atomic mass is 16.2. The molecular weight excluding hydrogens is 396 g/mol. The van der Waals surface area contributed by atoms with Crippen molar-refractivity contribution in [2.24, 2.45) is 0 Å². The summed E-state index contributed by atoms with van der Waals surface area (Å²) < 4.78 is 0. The number of fused-ring (bicyclic) bond motifs is 1. The zero-order chi connectivity index (χ0) is 22.0. The minimum absolute atomic E-state index is 0.0490. The van der Waals surface area contributed by atoms with Crippen LogP contribution in [0.5, 0.6) is 0 Å². The van der Waals surface area contributed by atoms with Crippen LogP contribution in [0.2, 0.25) is 0 Å². The summed E-state index contributed by atoms with van der Waals surface area (Å²) in [6.07, 6.45) is 5.03. The summed E-state index contributed by atoms with van der Waals surface area (Å²) >= 11 is 0. The van der Waals surface area contributed by atoms with Gasteiger partial charge in [-0.25, -0.2) is 9.59 Å². The molecule has 1 aliphatic carbocycles. The van der Waals surface area contributed by atoms with E-state index in [1.165, 1.54) is 0 Å². The van der Waals surface area contributed by atoms with Crippen LogP contribution in [-0.2, 0) is 15.1 Å². The maximum atomic E-state index is 13.2. The van der Waals surface area contributed by atoms with E-state index in [0.29, 0.717) is 5.56 Å². The van der Waals surface area contributed by atoms with Gasteiger partial charge in [0, 0.05) is 6.04 Å². The normalized spacial score (nSPS) is 21.8. The molecule has 1 saturated heterocycles. The lowest BCUT2D eigenvalue weighted by Gasteiger charge is -2.24. The number of urea groups is 2. The first-order valence-corrected chi connectivity index (χ1v) is 10.6. The lowest BCUT2D eigenvalue weighted by Crippen LogP contribution is -2.49. The van der Waals surface area contributed by atoms with Crippen molar-refractivity contribution in [3.05, 3.63) is 48.0 Å². The van der Waals surface area contributed by atoms with Crippen LogP contribution in [0.3, 0.4) is 0 Å². The molecule has 1 aliphatic heterocycles. The average Bonchev–Trinajstić information content (AvgIpc) is 2.97. The van der Waals surface area contributed by atoms with Crippen LogP contribution in [0.15, 0.2) is 42.5 Å². The van der Waals surface area contributed by atoms with Gasteiger partial charge in [-0.05, 0) is 36.1 Å². The zero-order valence-electron chi connectivity index (χ0n) is 17.4. The highest BCUT2D eigenvalue weighted by molar-refractivity contribution is 6.11. The van der Waals surface area contributed by atoms with Gasteiger partial charge in [-0.2, -0.15) is 0 Å². The Morgan fingerprint density at radius 3 is 2.55 bits per heavy atom. The third-order valence-electron chi connectivity index (χ3n) is 6.10. The third kappa shape index (κ3) is 4.10. The van der Waals surface area contributed by atoms with Gasteiger partial charge in [-0.3, -0.25) is 19.8 Å². The highest BCUT2D eigenvalue weighted by Gasteiger charge is 2.50. The van der Waals surface area contributed by atoms with Crippen LogP contribution < -0.4 is 16.0 Å². The number of nitrogens with zero attached hydrogens (tertiary/aromatic N) is 1. The summed E-state index contributed by atoms with van der Waals surface area (Å²) in [7, 11) is 0. The van der Waals surface area contributed by atoms with E-state index in [0.717, 1.165) is 47.8 Å². The van der Waals surface area contributed by atoms with Crippen molar-refractivity contribution in [1.82, 2.24) is 20.9 Å². The molecule has 4 rings (SSSR count). The lowest BCUT2D eigenvalue weighted by atomic mass is 9.88. The molecule has 1 saturated carbocycles. The minimum atomic E-state index is -1.30. The van der Waals surface area contributed by atoms with Gasteiger partial charge in [0.2, 0.25) is 5.91 Å². The van der Waals surface area contributed by atoms with Crippen molar-refractivity contribution in [2.75, 3.05) is 6.54 Å². The molecule has 31 heavy (non-hydrogen) atoms. The summed E-state index contributed by atoms with van der Waals surface area (Å²) in [6.45, 7) is 1.10. The fourth-order valence-electron chi connectivity index (χ4n) is 4.46. The number of hydrogen-bond donors (Lipinski definition) is 3. The fourth-order valence-corrected chi connectivity index (χ4v) is 4.46. The van der Waals surface area contributed by atoms with E-state index in [-0.39, 0.29) is 6.04 Å². The second kappa shape index (κ2) is 8.37. The van der Waals surface area contributed by atoms with Gasteiger partial charge in [-0.1, -0.05) is 61.7 Å². The molecule has 1 heterocycles. The Balaban J connectivity index is 1.45. The molecule has 8 heteroatoms. The Morgan fingerprint density at radius 2 is 1.77 bits per heavy atom. The third-order valence-corrected chi connectivity index (χ3v) is 6.10. The summed E-state index contributed by atoms with van der Waals surface area (Å²) in [5, 5.41) is 9.52. The average molecular weight is 422 g/mol. The largest absolute Gasteiger partial charge is 0.335 e. The smallest absolute Gasteiger partial charge is 0.325 e. The Hall–Kier alpha value is -3.42. The number of benzene rings is 2. The molecule has 2 aromatic rings. The van der Waals surface area contributed by atoms with E-state index in [4.69, 9.17) is 0 Å². The molecule has 2 aliphatic rings. The van der Waals surface area contributed by atoms with E-state index in [9.17, 15) is 19.2 Å². The first-order chi connectivity index (χ1) is 14.9. The summed E-state index contributed by atoms with van der Waals surface area (Å²) in [5.41, 5.74) is -0.648. The van der Waals surface area contributed by atoms with E-state index < -0.39 is 36.0 Å². The molecular formula is C23H26N4O4. The minimum Gasteiger partial charge on any atom is -0.335 e. The SMILES string of the molecule is C[C@@]1(c2cccc3ccccc23)NC(=O)N(CC(=O)NC(=O)NC2CCCCC2)C1=O. The number of imide groups is 2. The summed E-state index contributed by atoms with van der Waals surface area (Å²) in [4.78, 5) is 51.1. The van der Waals surface area contributed by atoms with E-state index in [2.05, 4.69) is 16.0 Å². The monoisotopic (exact) mass is 422 g/mol. The standard InChI is InChI=1S/C23H26N4O4/c1-23(18-13-7-9-15-8-5-6-12-17(15)18)20(29)27(22(31)26-23)14-19(28)25-21(30)24-16-10-3-2-4-11-16/h5-9,12-13,16H,2-4,10-11,14H2,1H3,(H,26,31)(H2,24,25,28,30)/t23-/m0/s1. The molecule has 2 fully saturated rings. The lowest BCUT2D eigenvalue weighted by molar-refractivity contribution is -0.134. The van der Waals surface area contributed by atoms with Gasteiger partial charge in [-0.15, -0.1) is 0 Å². The van der Waals surface area contributed by atoms with Crippen LogP contribution in [0.1, 0.15) is 44.6 Å². The van der Waals surface area contributed by atoms with Crippen LogP contribution in [0.4, 0.5) is 9.59 Å². The predicted molar refractivity (Wildman–Crippen MR) is 115 cm³/mol. The number of amides is 6. The molecule has 3 N–H and O–H groups in total. The van der Waals surface area contributed by atoms with E-state index in [1.807, 2.05) is 36.4 Å². The Bertz CT molecular complexity index is 1040. The Morgan fingerprint density at radius 1 is 1.06 bits per heavy atom. The molecule has 0 spiro atoms. The van der Waals surface area contributed by atoms with Gasteiger partial charge in [0.05, 0.1) is 0 Å². The van der Waals surface area contributed by atoms with Crippen molar-refractivity contribution in [3.63, 3.8) is 0 Å². The Labute approximate surface area is 180 Å². The van der Waals surface area contributed by atoms with Crippen molar-refractivity contribution in [3.8, 4) is 0 Å². The number of carbonyl (C=O) groups excluding carboxylic acids is 4. The van der Waals surface area contributed by atoms with E-state index >= 15 is 0 Å². The summed E-state index contributed by atoms with van der Waals surface area (Å²) in [5.74, 6) is -1.24. The van der Waals surface area contributed by atoms with Gasteiger partial charge in [0.15, 0.2) is 0 Å². The Kier molecular flexibility index (Phi) is 5.63. The molecule has 6 amide bonds. The molecule has 0 unspecified atom stereocenters. The van der Waals surface area contributed by atoms with Crippen LogP contribution >= 0.6 is 0 Å². The second-order valence-electron chi connectivity index (χ2n) is 8.33. The van der Waals surface area contributed by atoms with Crippen LogP contribution in [-0.4, -0.2) is 41.4 Å². The van der Waals surface area contributed by atoms with Crippen LogP contribution in [0.25, 0.3) is 10.8 Å². The number of nitrogens with one attached hydrogen (secondary N) is 3. The predicted octanol–water partition coefficient (Wildman–Crippen LogP) is 2.77. The maximum Gasteiger partial charge on any atom is 0.325 e. The second-order valence-corrected chi connectivity index (χ2v) is 8.33. The molecule has 8 nitrogen and oxygen atoms in total. The van der Waals surface area contributed by atoms with Crippen molar-refractivity contribution in [1.29, 1.82) is 0 Å². The molecule has 0 bridgehead atoms. The number of carbonyl (C=O) groups is 4. The first-order valence-electron chi connectivity index (χ1n) is 10.6. The molecule has 162 valence electrons. The highest BCUT2D eigenvalue weighted by Crippen LogP contribution is 2.33. The molecule has 2 aromatic carbocycles. The van der Waals surface area contributed by atoms with Crippen molar-refractivity contribution >= 4 is 34.6 Å². The van der Waals surface area contributed by atoms with Crippen molar-refractivity contribution < 1.29 is 19.2 Å². The molecule has 0 aromatic heterocycles. The van der Waals surface area contributed by atoms with Gasteiger partial charge in [0.1, 0.15) is 12.1 Å². The first kappa shape index (κ1) is 20.8. The number of rotatable bonds is 4. The van der Waals surface area contributed by atoms with Crippen LogP contribution in [0, 0.1) is 0 Å². The van der Waals surface area contributed by atoms with E-state index in [1.54, 1.807) is 13.0 Å². The van der Waals surface area contributed by atoms with Gasteiger partial charge >= 0.3 is 12.1 Å². The topological polar surface area (TPSA) is 108 Å². The zero-order valence-corrected chi connectivity index (χ0v) is 17.4. The van der Waals surface area contributed by atoms with Gasteiger partial charge < -0.3 is 10.6 Å². The maximum absolute atomic E-state index is 13.2. The van der Waals surface area contributed by atoms with Crippen molar-refractivity contribution in [2.45, 2.75) is 50.6 Å².